The molecule has 17 heavy (non-hydrogen) atoms. The highest BCUT2D eigenvalue weighted by Gasteiger charge is 2.05. The number of H-pyrrole nitrogens is 1. The molecule has 1 N–H and O–H groups in total. The molecule has 1 aromatic carbocycles. The molecule has 86 valence electrons. The molecule has 2 aromatic rings. The highest BCUT2D eigenvalue weighted by Crippen LogP contribution is 2.24. The first-order chi connectivity index (χ1) is 8.24. The maximum atomic E-state index is 8.59. The predicted molar refractivity (Wildman–Crippen MR) is 64.6 cm³/mol. The number of methoxy groups -OCH3 is 1. The second-order valence-corrected chi connectivity index (χ2v) is 3.76. The van der Waals surface area contributed by atoms with Gasteiger partial charge in [-0.3, -0.25) is 0 Å². The Morgan fingerprint density at radius 2 is 2.29 bits per heavy atom. The van der Waals surface area contributed by atoms with Gasteiger partial charge in [-0.2, -0.15) is 5.26 Å². The van der Waals surface area contributed by atoms with Crippen molar-refractivity contribution in [3.63, 3.8) is 0 Å². The van der Waals surface area contributed by atoms with Gasteiger partial charge in [0.15, 0.2) is 0 Å². The van der Waals surface area contributed by atoms with Crippen LogP contribution in [0.2, 0.25) is 0 Å². The van der Waals surface area contributed by atoms with E-state index < -0.39 is 0 Å². The number of nitrogens with one attached hydrogen (secondary N) is 1. The molecule has 0 unspecified atom stereocenters. The Kier molecular flexibility index (Phi) is 3.10. The summed E-state index contributed by atoms with van der Waals surface area (Å²) in [5.74, 6) is 1.56. The fraction of sp³-hybridized carbons (Fsp3) is 0.231. The zero-order chi connectivity index (χ0) is 12.3. The van der Waals surface area contributed by atoms with Gasteiger partial charge in [-0.25, -0.2) is 4.98 Å². The average molecular weight is 227 g/mol. The van der Waals surface area contributed by atoms with Crippen molar-refractivity contribution in [3.05, 3.63) is 35.8 Å². The van der Waals surface area contributed by atoms with Crippen molar-refractivity contribution in [2.24, 2.45) is 0 Å². The van der Waals surface area contributed by atoms with Gasteiger partial charge in [0.2, 0.25) is 0 Å². The van der Waals surface area contributed by atoms with Gasteiger partial charge in [0.05, 0.1) is 31.5 Å². The van der Waals surface area contributed by atoms with Gasteiger partial charge in [0, 0.05) is 5.56 Å². The number of hydrogen-bond donors (Lipinski definition) is 1. The minimum atomic E-state index is 0.301. The lowest BCUT2D eigenvalue weighted by Gasteiger charge is -2.05. The third-order valence-corrected chi connectivity index (χ3v) is 2.58. The van der Waals surface area contributed by atoms with Crippen molar-refractivity contribution in [2.75, 3.05) is 7.11 Å². The number of benzene rings is 1. The highest BCUT2D eigenvalue weighted by atomic mass is 16.5. The van der Waals surface area contributed by atoms with Crippen LogP contribution in [0.3, 0.4) is 0 Å². The number of nitriles is 1. The maximum Gasteiger partial charge on any atom is 0.121 e. The molecular formula is C13H13N3O. The Morgan fingerprint density at radius 1 is 1.47 bits per heavy atom. The number of rotatable bonds is 3. The van der Waals surface area contributed by atoms with E-state index in [4.69, 9.17) is 10.00 Å². The molecule has 0 aliphatic rings. The average Bonchev–Trinajstić information content (AvgIpc) is 2.78. The summed E-state index contributed by atoms with van der Waals surface area (Å²) in [6.07, 6.45) is 2.04. The molecule has 4 nitrogen and oxygen atoms in total. The summed E-state index contributed by atoms with van der Waals surface area (Å²) >= 11 is 0. The maximum absolute atomic E-state index is 8.59. The Morgan fingerprint density at radius 3 is 2.94 bits per heavy atom. The van der Waals surface area contributed by atoms with Crippen LogP contribution in [0.5, 0.6) is 5.75 Å². The van der Waals surface area contributed by atoms with E-state index in [0.717, 1.165) is 22.6 Å². The smallest absolute Gasteiger partial charge is 0.121 e. The molecule has 0 radical (unpaired) electrons. The normalized spacial score (nSPS) is 9.94. The van der Waals surface area contributed by atoms with E-state index in [1.807, 2.05) is 25.1 Å². The summed E-state index contributed by atoms with van der Waals surface area (Å²) in [5.41, 5.74) is 3.03. The van der Waals surface area contributed by atoms with E-state index in [-0.39, 0.29) is 0 Å². The number of aryl methyl sites for hydroxylation is 1. The van der Waals surface area contributed by atoms with Crippen LogP contribution in [0.25, 0.3) is 11.3 Å². The fourth-order valence-electron chi connectivity index (χ4n) is 1.72. The van der Waals surface area contributed by atoms with Crippen molar-refractivity contribution in [1.82, 2.24) is 9.97 Å². The second kappa shape index (κ2) is 4.71. The standard InChI is InChI=1S/C13H13N3O/c1-9-7-10(3-4-12(9)17-2)11-8-15-13(16-11)5-6-14/h3-4,7-8H,5H2,1-2H3,(H,15,16). The molecule has 0 saturated carbocycles. The van der Waals surface area contributed by atoms with Crippen LogP contribution in [-0.2, 0) is 6.42 Å². The summed E-state index contributed by atoms with van der Waals surface area (Å²) in [5, 5.41) is 8.59. The fourth-order valence-corrected chi connectivity index (χ4v) is 1.72. The Bertz CT molecular complexity index is 566. The molecule has 0 aliphatic carbocycles. The van der Waals surface area contributed by atoms with Gasteiger partial charge in [0.25, 0.3) is 0 Å². The first kappa shape index (κ1) is 11.2. The van der Waals surface area contributed by atoms with Gasteiger partial charge < -0.3 is 9.72 Å². The monoisotopic (exact) mass is 227 g/mol. The third-order valence-electron chi connectivity index (χ3n) is 2.58. The van der Waals surface area contributed by atoms with Gasteiger partial charge >= 0.3 is 0 Å². The van der Waals surface area contributed by atoms with E-state index >= 15 is 0 Å². The van der Waals surface area contributed by atoms with Crippen molar-refractivity contribution < 1.29 is 4.74 Å². The molecule has 0 amide bonds. The molecule has 4 heteroatoms. The van der Waals surface area contributed by atoms with Crippen molar-refractivity contribution in [3.8, 4) is 23.1 Å². The SMILES string of the molecule is COc1ccc(-c2cnc(CC#N)[nH]2)cc1C. The summed E-state index contributed by atoms with van der Waals surface area (Å²) in [4.78, 5) is 7.27. The zero-order valence-electron chi connectivity index (χ0n) is 9.82. The molecule has 0 fully saturated rings. The lowest BCUT2D eigenvalue weighted by atomic mass is 10.1. The molecule has 2 rings (SSSR count). The van der Waals surface area contributed by atoms with Crippen LogP contribution < -0.4 is 4.74 Å². The van der Waals surface area contributed by atoms with Gasteiger partial charge in [-0.05, 0) is 30.7 Å². The lowest BCUT2D eigenvalue weighted by Crippen LogP contribution is -1.88. The van der Waals surface area contributed by atoms with Gasteiger partial charge in [-0.15, -0.1) is 0 Å². The lowest BCUT2D eigenvalue weighted by molar-refractivity contribution is 0.412. The van der Waals surface area contributed by atoms with E-state index in [9.17, 15) is 0 Å². The van der Waals surface area contributed by atoms with Gasteiger partial charge in [-0.1, -0.05) is 0 Å². The van der Waals surface area contributed by atoms with Crippen LogP contribution in [0.1, 0.15) is 11.4 Å². The second-order valence-electron chi connectivity index (χ2n) is 3.76. The molecule has 1 heterocycles. The molecule has 0 spiro atoms. The Hall–Kier alpha value is -2.28. The van der Waals surface area contributed by atoms with Crippen molar-refractivity contribution in [1.29, 1.82) is 5.26 Å². The summed E-state index contributed by atoms with van der Waals surface area (Å²) in [7, 11) is 1.66. The predicted octanol–water partition coefficient (Wildman–Crippen LogP) is 2.46. The van der Waals surface area contributed by atoms with Crippen LogP contribution in [0.15, 0.2) is 24.4 Å². The summed E-state index contributed by atoms with van der Waals surface area (Å²) < 4.78 is 5.21. The first-order valence-electron chi connectivity index (χ1n) is 5.30. The Balaban J connectivity index is 2.33. The number of ether oxygens (including phenoxy) is 1. The minimum Gasteiger partial charge on any atom is -0.496 e. The molecule has 0 atom stereocenters. The number of hydrogen-bond acceptors (Lipinski definition) is 3. The Labute approximate surface area is 99.9 Å². The number of aromatic amines is 1. The quantitative estimate of drug-likeness (QED) is 0.876. The molecule has 0 saturated heterocycles. The van der Waals surface area contributed by atoms with Gasteiger partial charge in [0.1, 0.15) is 11.6 Å². The van der Waals surface area contributed by atoms with E-state index in [2.05, 4.69) is 16.0 Å². The topological polar surface area (TPSA) is 61.7 Å². The molecule has 1 aromatic heterocycles. The van der Waals surface area contributed by atoms with E-state index in [1.54, 1.807) is 13.3 Å². The van der Waals surface area contributed by atoms with Crippen LogP contribution in [0, 0.1) is 18.3 Å². The molecule has 0 aliphatic heterocycles. The summed E-state index contributed by atoms with van der Waals surface area (Å²) in [6, 6.07) is 7.99. The largest absolute Gasteiger partial charge is 0.496 e. The van der Waals surface area contributed by atoms with Crippen molar-refractivity contribution in [2.45, 2.75) is 13.3 Å². The number of nitrogens with zero attached hydrogens (tertiary/aromatic N) is 2. The number of imidazole rings is 1. The van der Waals surface area contributed by atoms with Crippen LogP contribution >= 0.6 is 0 Å². The third kappa shape index (κ3) is 2.28. The van der Waals surface area contributed by atoms with Crippen LogP contribution in [-0.4, -0.2) is 17.1 Å². The number of aromatic nitrogens is 2. The zero-order valence-corrected chi connectivity index (χ0v) is 9.82. The minimum absolute atomic E-state index is 0.301. The van der Waals surface area contributed by atoms with E-state index in [0.29, 0.717) is 12.2 Å². The van der Waals surface area contributed by atoms with Crippen molar-refractivity contribution >= 4 is 0 Å². The molecule has 0 bridgehead atoms. The molecular weight excluding hydrogens is 214 g/mol. The summed E-state index contributed by atoms with van der Waals surface area (Å²) in [6.45, 7) is 1.99. The first-order valence-corrected chi connectivity index (χ1v) is 5.30. The highest BCUT2D eigenvalue weighted by molar-refractivity contribution is 5.61. The van der Waals surface area contributed by atoms with E-state index in [1.165, 1.54) is 0 Å². The van der Waals surface area contributed by atoms with Crippen LogP contribution in [0.4, 0.5) is 0 Å².